The molecular formula is C14H19N3O3. The van der Waals surface area contributed by atoms with Gasteiger partial charge in [0, 0.05) is 25.2 Å². The van der Waals surface area contributed by atoms with Crippen LogP contribution in [0, 0.1) is 22.0 Å². The summed E-state index contributed by atoms with van der Waals surface area (Å²) in [5.74, 6) is 1.03. The van der Waals surface area contributed by atoms with E-state index in [-0.39, 0.29) is 11.6 Å². The number of carbonyl (C=O) groups excluding carboxylic acids is 1. The zero-order valence-electron chi connectivity index (χ0n) is 11.7. The minimum Gasteiger partial charge on any atom is -0.383 e. The van der Waals surface area contributed by atoms with E-state index in [0.29, 0.717) is 23.7 Å². The van der Waals surface area contributed by atoms with Crippen LogP contribution in [0.1, 0.15) is 30.1 Å². The molecule has 1 amide bonds. The van der Waals surface area contributed by atoms with Crippen molar-refractivity contribution in [2.45, 2.75) is 19.8 Å². The Morgan fingerprint density at radius 3 is 2.75 bits per heavy atom. The lowest BCUT2D eigenvalue weighted by atomic mass is 10.1. The van der Waals surface area contributed by atoms with Crippen LogP contribution in [0.4, 0.5) is 11.4 Å². The van der Waals surface area contributed by atoms with E-state index in [4.69, 9.17) is 0 Å². The molecule has 0 saturated heterocycles. The average molecular weight is 277 g/mol. The Balaban J connectivity index is 2.03. The number of nitro groups is 1. The summed E-state index contributed by atoms with van der Waals surface area (Å²) in [5, 5.41) is 16.5. The molecule has 1 unspecified atom stereocenters. The third-order valence-electron chi connectivity index (χ3n) is 3.74. The minimum absolute atomic E-state index is 0.0320. The first kappa shape index (κ1) is 14.3. The van der Waals surface area contributed by atoms with E-state index in [9.17, 15) is 14.9 Å². The molecule has 2 N–H and O–H groups in total. The maximum absolute atomic E-state index is 12.0. The number of nitrogens with zero attached hydrogens (tertiary/aromatic N) is 1. The zero-order chi connectivity index (χ0) is 14.7. The fraction of sp³-hybridized carbons (Fsp3) is 0.500. The smallest absolute Gasteiger partial charge is 0.292 e. The van der Waals surface area contributed by atoms with Crippen molar-refractivity contribution in [2.75, 3.05) is 18.9 Å². The van der Waals surface area contributed by atoms with Gasteiger partial charge in [-0.15, -0.1) is 0 Å². The van der Waals surface area contributed by atoms with Crippen LogP contribution in [0.2, 0.25) is 0 Å². The molecule has 0 heterocycles. The summed E-state index contributed by atoms with van der Waals surface area (Å²) in [6.45, 7) is 2.78. The number of nitro benzene ring substituents is 1. The summed E-state index contributed by atoms with van der Waals surface area (Å²) in [4.78, 5) is 22.4. The molecule has 0 aromatic heterocycles. The summed E-state index contributed by atoms with van der Waals surface area (Å²) in [6.07, 6.45) is 2.50. The van der Waals surface area contributed by atoms with Crippen LogP contribution in [0.3, 0.4) is 0 Å². The average Bonchev–Trinajstić information content (AvgIpc) is 3.28. The van der Waals surface area contributed by atoms with Crippen molar-refractivity contribution in [1.82, 2.24) is 5.32 Å². The standard InChI is InChI=1S/C14H19N3O3/c1-9(10-3-4-10)8-16-14(18)11-5-6-13(17(19)20)12(7-11)15-2/h5-7,9-10,15H,3-4,8H2,1-2H3,(H,16,18). The predicted octanol–water partition coefficient (Wildman–Crippen LogP) is 2.41. The summed E-state index contributed by atoms with van der Waals surface area (Å²) in [5.41, 5.74) is 0.747. The van der Waals surface area contributed by atoms with Crippen molar-refractivity contribution in [1.29, 1.82) is 0 Å². The summed E-state index contributed by atoms with van der Waals surface area (Å²) in [6, 6.07) is 4.34. The van der Waals surface area contributed by atoms with Crippen LogP contribution in [0.15, 0.2) is 18.2 Å². The highest BCUT2D eigenvalue weighted by Crippen LogP contribution is 2.36. The Morgan fingerprint density at radius 1 is 1.50 bits per heavy atom. The van der Waals surface area contributed by atoms with Gasteiger partial charge < -0.3 is 10.6 Å². The van der Waals surface area contributed by atoms with Crippen molar-refractivity contribution >= 4 is 17.3 Å². The highest BCUT2D eigenvalue weighted by molar-refractivity contribution is 5.95. The van der Waals surface area contributed by atoms with Gasteiger partial charge in [0.05, 0.1) is 4.92 Å². The lowest BCUT2D eigenvalue weighted by Crippen LogP contribution is -2.29. The van der Waals surface area contributed by atoms with E-state index in [1.165, 1.54) is 31.0 Å². The predicted molar refractivity (Wildman–Crippen MR) is 76.9 cm³/mol. The lowest BCUT2D eigenvalue weighted by Gasteiger charge is -2.12. The third-order valence-corrected chi connectivity index (χ3v) is 3.74. The Bertz CT molecular complexity index is 526. The molecule has 108 valence electrons. The fourth-order valence-electron chi connectivity index (χ4n) is 2.22. The van der Waals surface area contributed by atoms with Gasteiger partial charge in [0.25, 0.3) is 11.6 Å². The molecule has 0 spiro atoms. The first-order valence-electron chi connectivity index (χ1n) is 6.77. The first-order valence-corrected chi connectivity index (χ1v) is 6.77. The second-order valence-corrected chi connectivity index (χ2v) is 5.26. The molecule has 1 atom stereocenters. The minimum atomic E-state index is -0.470. The van der Waals surface area contributed by atoms with Gasteiger partial charge in [-0.1, -0.05) is 6.92 Å². The molecule has 6 nitrogen and oxygen atoms in total. The molecule has 1 aromatic carbocycles. The van der Waals surface area contributed by atoms with Crippen LogP contribution in [-0.2, 0) is 0 Å². The van der Waals surface area contributed by atoms with Gasteiger partial charge in [-0.25, -0.2) is 0 Å². The van der Waals surface area contributed by atoms with E-state index in [0.717, 1.165) is 5.92 Å². The van der Waals surface area contributed by atoms with Crippen molar-refractivity contribution in [2.24, 2.45) is 11.8 Å². The molecule has 0 aliphatic heterocycles. The van der Waals surface area contributed by atoms with Crippen molar-refractivity contribution in [3.8, 4) is 0 Å². The molecule has 1 aliphatic carbocycles. The monoisotopic (exact) mass is 277 g/mol. The molecule has 0 bridgehead atoms. The summed E-state index contributed by atoms with van der Waals surface area (Å²) >= 11 is 0. The van der Waals surface area contributed by atoms with E-state index in [2.05, 4.69) is 17.6 Å². The summed E-state index contributed by atoms with van der Waals surface area (Å²) < 4.78 is 0. The van der Waals surface area contributed by atoms with Gasteiger partial charge in [-0.3, -0.25) is 14.9 Å². The van der Waals surface area contributed by atoms with Crippen LogP contribution in [0.25, 0.3) is 0 Å². The molecular weight excluding hydrogens is 258 g/mol. The zero-order valence-corrected chi connectivity index (χ0v) is 11.7. The third kappa shape index (κ3) is 3.26. The summed E-state index contributed by atoms with van der Waals surface area (Å²) in [7, 11) is 1.60. The maximum atomic E-state index is 12.0. The molecule has 1 aromatic rings. The molecule has 20 heavy (non-hydrogen) atoms. The highest BCUT2D eigenvalue weighted by Gasteiger charge is 2.28. The van der Waals surface area contributed by atoms with Crippen LogP contribution < -0.4 is 10.6 Å². The number of benzene rings is 1. The number of hydrogen-bond acceptors (Lipinski definition) is 4. The van der Waals surface area contributed by atoms with E-state index >= 15 is 0 Å². The van der Waals surface area contributed by atoms with Crippen molar-refractivity contribution < 1.29 is 9.72 Å². The Kier molecular flexibility index (Phi) is 4.22. The Labute approximate surface area is 117 Å². The van der Waals surface area contributed by atoms with Gasteiger partial charge in [-0.05, 0) is 36.8 Å². The van der Waals surface area contributed by atoms with Crippen LogP contribution in [0.5, 0.6) is 0 Å². The molecule has 0 radical (unpaired) electrons. The van der Waals surface area contributed by atoms with E-state index in [1.54, 1.807) is 7.05 Å². The maximum Gasteiger partial charge on any atom is 0.292 e. The number of anilines is 1. The van der Waals surface area contributed by atoms with Crippen molar-refractivity contribution in [3.63, 3.8) is 0 Å². The van der Waals surface area contributed by atoms with Gasteiger partial charge in [0.1, 0.15) is 5.69 Å². The van der Waals surface area contributed by atoms with Crippen LogP contribution >= 0.6 is 0 Å². The number of amides is 1. The van der Waals surface area contributed by atoms with E-state index in [1.807, 2.05) is 0 Å². The second kappa shape index (κ2) is 5.90. The van der Waals surface area contributed by atoms with Crippen LogP contribution in [-0.4, -0.2) is 24.4 Å². The second-order valence-electron chi connectivity index (χ2n) is 5.26. The number of hydrogen-bond donors (Lipinski definition) is 2. The lowest BCUT2D eigenvalue weighted by molar-refractivity contribution is -0.383. The van der Waals surface area contributed by atoms with Gasteiger partial charge in [-0.2, -0.15) is 0 Å². The number of nitrogens with one attached hydrogen (secondary N) is 2. The van der Waals surface area contributed by atoms with Gasteiger partial charge in [0.2, 0.25) is 0 Å². The largest absolute Gasteiger partial charge is 0.383 e. The molecule has 1 fully saturated rings. The Morgan fingerprint density at radius 2 is 2.20 bits per heavy atom. The highest BCUT2D eigenvalue weighted by atomic mass is 16.6. The van der Waals surface area contributed by atoms with Gasteiger partial charge in [0.15, 0.2) is 0 Å². The molecule has 2 rings (SSSR count). The number of carbonyl (C=O) groups is 1. The Hall–Kier alpha value is -2.11. The topological polar surface area (TPSA) is 84.3 Å². The van der Waals surface area contributed by atoms with E-state index < -0.39 is 4.92 Å². The van der Waals surface area contributed by atoms with Crippen molar-refractivity contribution in [3.05, 3.63) is 33.9 Å². The fourth-order valence-corrected chi connectivity index (χ4v) is 2.22. The molecule has 1 saturated carbocycles. The number of rotatable bonds is 6. The quantitative estimate of drug-likeness (QED) is 0.617. The molecule has 6 heteroatoms. The normalized spacial score (nSPS) is 15.5. The first-order chi connectivity index (χ1) is 9.52. The SMILES string of the molecule is CNc1cc(C(=O)NCC(C)C2CC2)ccc1[N+](=O)[O-]. The van der Waals surface area contributed by atoms with Gasteiger partial charge >= 0.3 is 0 Å². The molecule has 1 aliphatic rings.